The van der Waals surface area contributed by atoms with Crippen LogP contribution in [0.25, 0.3) is 0 Å². The minimum absolute atomic E-state index is 0.427. The van der Waals surface area contributed by atoms with Gasteiger partial charge in [0, 0.05) is 0 Å². The van der Waals surface area contributed by atoms with Gasteiger partial charge in [-0.2, -0.15) is 0 Å². The topological polar surface area (TPSA) is 138 Å². The minimum atomic E-state index is -1.55. The SMILES string of the molecule is COc1ccc([C@H](CO)O[C@H]2O[C@@H](CO)[C@H](O)[C@@H](O)[C@@H]2O)cc1OC. The first-order valence-electron chi connectivity index (χ1n) is 7.75. The summed E-state index contributed by atoms with van der Waals surface area (Å²) in [6.07, 6.45) is -7.92. The lowest BCUT2D eigenvalue weighted by atomic mass is 9.99. The Morgan fingerprint density at radius 2 is 1.68 bits per heavy atom. The largest absolute Gasteiger partial charge is 0.493 e. The van der Waals surface area contributed by atoms with Crippen molar-refractivity contribution in [1.82, 2.24) is 0 Å². The van der Waals surface area contributed by atoms with E-state index in [0.29, 0.717) is 17.1 Å². The quantitative estimate of drug-likeness (QED) is 0.395. The molecule has 5 N–H and O–H groups in total. The number of hydrogen-bond donors (Lipinski definition) is 5. The van der Waals surface area contributed by atoms with Crippen molar-refractivity contribution in [2.24, 2.45) is 0 Å². The summed E-state index contributed by atoms with van der Waals surface area (Å²) >= 11 is 0. The third kappa shape index (κ3) is 4.21. The number of hydrogen-bond acceptors (Lipinski definition) is 9. The molecule has 9 nitrogen and oxygen atoms in total. The molecule has 1 fully saturated rings. The second-order valence-electron chi connectivity index (χ2n) is 5.62. The molecule has 0 radical (unpaired) electrons. The second-order valence-corrected chi connectivity index (χ2v) is 5.62. The molecule has 1 aliphatic heterocycles. The van der Waals surface area contributed by atoms with Gasteiger partial charge in [-0.25, -0.2) is 0 Å². The molecule has 2 rings (SSSR count). The average Bonchev–Trinajstić information content (AvgIpc) is 2.65. The lowest BCUT2D eigenvalue weighted by molar-refractivity contribution is -0.314. The van der Waals surface area contributed by atoms with Crippen molar-refractivity contribution < 1.29 is 44.5 Å². The Morgan fingerprint density at radius 1 is 1.00 bits per heavy atom. The minimum Gasteiger partial charge on any atom is -0.493 e. The summed E-state index contributed by atoms with van der Waals surface area (Å²) in [5.74, 6) is 0.923. The maximum absolute atomic E-state index is 10.0. The Bertz CT molecular complexity index is 550. The molecule has 1 aromatic rings. The van der Waals surface area contributed by atoms with E-state index in [-0.39, 0.29) is 0 Å². The fraction of sp³-hybridized carbons (Fsp3) is 0.625. The van der Waals surface area contributed by atoms with Gasteiger partial charge in [-0.1, -0.05) is 6.07 Å². The van der Waals surface area contributed by atoms with E-state index in [1.54, 1.807) is 18.2 Å². The van der Waals surface area contributed by atoms with Gasteiger partial charge in [0.25, 0.3) is 0 Å². The zero-order chi connectivity index (χ0) is 18.6. The average molecular weight is 360 g/mol. The molecule has 1 heterocycles. The number of benzene rings is 1. The number of methoxy groups -OCH3 is 2. The van der Waals surface area contributed by atoms with Crippen LogP contribution in [0.3, 0.4) is 0 Å². The summed E-state index contributed by atoms with van der Waals surface area (Å²) in [6.45, 7) is -1.00. The van der Waals surface area contributed by atoms with Crippen LogP contribution in [0.5, 0.6) is 11.5 Å². The zero-order valence-corrected chi connectivity index (χ0v) is 14.0. The molecular weight excluding hydrogens is 336 g/mol. The van der Waals surface area contributed by atoms with E-state index in [4.69, 9.17) is 18.9 Å². The van der Waals surface area contributed by atoms with Crippen molar-refractivity contribution in [3.63, 3.8) is 0 Å². The predicted molar refractivity (Wildman–Crippen MR) is 84.2 cm³/mol. The molecule has 6 atom stereocenters. The van der Waals surface area contributed by atoms with Crippen molar-refractivity contribution in [2.75, 3.05) is 27.4 Å². The van der Waals surface area contributed by atoms with E-state index in [0.717, 1.165) is 0 Å². The second kappa shape index (κ2) is 8.77. The van der Waals surface area contributed by atoms with E-state index in [1.165, 1.54) is 14.2 Å². The van der Waals surface area contributed by atoms with E-state index < -0.39 is 50.0 Å². The van der Waals surface area contributed by atoms with Gasteiger partial charge >= 0.3 is 0 Å². The summed E-state index contributed by atoms with van der Waals surface area (Å²) in [5, 5.41) is 48.4. The van der Waals surface area contributed by atoms with Crippen LogP contribution in [0.15, 0.2) is 18.2 Å². The van der Waals surface area contributed by atoms with Crippen molar-refractivity contribution in [2.45, 2.75) is 36.8 Å². The number of aliphatic hydroxyl groups excluding tert-OH is 5. The van der Waals surface area contributed by atoms with E-state index in [9.17, 15) is 25.5 Å². The summed E-state index contributed by atoms with van der Waals surface area (Å²) < 4.78 is 21.2. The van der Waals surface area contributed by atoms with Crippen LogP contribution in [0.4, 0.5) is 0 Å². The monoisotopic (exact) mass is 360 g/mol. The van der Waals surface area contributed by atoms with Crippen LogP contribution in [-0.2, 0) is 9.47 Å². The first kappa shape index (κ1) is 19.9. The highest BCUT2D eigenvalue weighted by Crippen LogP contribution is 2.33. The van der Waals surface area contributed by atoms with Gasteiger partial charge in [-0.15, -0.1) is 0 Å². The molecule has 142 valence electrons. The first-order chi connectivity index (χ1) is 12.0. The molecule has 9 heteroatoms. The number of rotatable bonds is 7. The van der Waals surface area contributed by atoms with Gasteiger partial charge in [-0.3, -0.25) is 0 Å². The maximum Gasteiger partial charge on any atom is 0.187 e. The Morgan fingerprint density at radius 3 is 2.24 bits per heavy atom. The van der Waals surface area contributed by atoms with E-state index >= 15 is 0 Å². The van der Waals surface area contributed by atoms with Gasteiger partial charge in [0.05, 0.1) is 27.4 Å². The van der Waals surface area contributed by atoms with Crippen molar-refractivity contribution in [1.29, 1.82) is 0 Å². The smallest absolute Gasteiger partial charge is 0.187 e. The van der Waals surface area contributed by atoms with Gasteiger partial charge in [0.15, 0.2) is 17.8 Å². The van der Waals surface area contributed by atoms with Gasteiger partial charge < -0.3 is 44.5 Å². The van der Waals surface area contributed by atoms with E-state index in [1.807, 2.05) is 0 Å². The molecule has 1 aromatic carbocycles. The third-order valence-corrected chi connectivity index (χ3v) is 4.09. The molecule has 0 amide bonds. The lowest BCUT2D eigenvalue weighted by Gasteiger charge is -2.40. The van der Waals surface area contributed by atoms with Crippen LogP contribution in [0.1, 0.15) is 11.7 Å². The number of aliphatic hydroxyl groups is 5. The van der Waals surface area contributed by atoms with Crippen LogP contribution in [0.2, 0.25) is 0 Å². The molecular formula is C16H24O9. The molecule has 0 unspecified atom stereocenters. The number of ether oxygens (including phenoxy) is 4. The normalized spacial score (nSPS) is 30.8. The molecule has 0 bridgehead atoms. The highest BCUT2D eigenvalue weighted by molar-refractivity contribution is 5.43. The Kier molecular flexibility index (Phi) is 6.96. The van der Waals surface area contributed by atoms with Crippen LogP contribution in [0, 0.1) is 0 Å². The molecule has 25 heavy (non-hydrogen) atoms. The first-order valence-corrected chi connectivity index (χ1v) is 7.75. The molecule has 0 aliphatic carbocycles. The standard InChI is InChI=1S/C16H24O9/c1-22-9-4-3-8(5-10(9)23-2)11(6-17)24-16-15(21)14(20)13(19)12(7-18)25-16/h3-5,11-21H,6-7H2,1-2H3/t11-,12-,13-,14+,15-,16-/m0/s1. The fourth-order valence-corrected chi connectivity index (χ4v) is 2.62. The maximum atomic E-state index is 10.0. The summed E-state index contributed by atoms with van der Waals surface area (Å²) in [5.41, 5.74) is 0.525. The van der Waals surface area contributed by atoms with Crippen LogP contribution >= 0.6 is 0 Å². The molecule has 1 aliphatic rings. The van der Waals surface area contributed by atoms with Crippen molar-refractivity contribution in [3.05, 3.63) is 23.8 Å². The highest BCUT2D eigenvalue weighted by Gasteiger charge is 2.44. The Balaban J connectivity index is 2.18. The van der Waals surface area contributed by atoms with Gasteiger partial charge in [0.1, 0.15) is 30.5 Å². The highest BCUT2D eigenvalue weighted by atomic mass is 16.7. The van der Waals surface area contributed by atoms with Crippen molar-refractivity contribution >= 4 is 0 Å². The Labute approximate surface area is 145 Å². The van der Waals surface area contributed by atoms with Crippen molar-refractivity contribution in [3.8, 4) is 11.5 Å². The van der Waals surface area contributed by atoms with Gasteiger partial charge in [-0.05, 0) is 17.7 Å². The van der Waals surface area contributed by atoms with Gasteiger partial charge in [0.2, 0.25) is 0 Å². The molecule has 0 aromatic heterocycles. The summed E-state index contributed by atoms with van der Waals surface area (Å²) in [4.78, 5) is 0. The molecule has 0 spiro atoms. The molecule has 0 saturated carbocycles. The fourth-order valence-electron chi connectivity index (χ4n) is 2.62. The predicted octanol–water partition coefficient (Wildman–Crippen LogP) is -1.45. The van der Waals surface area contributed by atoms with E-state index in [2.05, 4.69) is 0 Å². The lowest BCUT2D eigenvalue weighted by Crippen LogP contribution is -2.59. The summed E-state index contributed by atoms with van der Waals surface area (Å²) in [6, 6.07) is 4.88. The summed E-state index contributed by atoms with van der Waals surface area (Å²) in [7, 11) is 2.96. The molecule has 1 saturated heterocycles. The van der Waals surface area contributed by atoms with Crippen LogP contribution < -0.4 is 9.47 Å². The van der Waals surface area contributed by atoms with Crippen LogP contribution in [-0.4, -0.2) is 83.7 Å². The zero-order valence-electron chi connectivity index (χ0n) is 14.0. The third-order valence-electron chi connectivity index (χ3n) is 4.09. The Hall–Kier alpha value is -1.46.